The van der Waals surface area contributed by atoms with Crippen LogP contribution in [-0.2, 0) is 9.84 Å². The maximum atomic E-state index is 12.5. The van der Waals surface area contributed by atoms with E-state index in [-0.39, 0.29) is 22.0 Å². The zero-order chi connectivity index (χ0) is 13.3. The van der Waals surface area contributed by atoms with E-state index in [0.29, 0.717) is 6.42 Å². The maximum absolute atomic E-state index is 12.5. The first-order valence-corrected chi connectivity index (χ1v) is 8.25. The average Bonchev–Trinajstić information content (AvgIpc) is 2.26. The van der Waals surface area contributed by atoms with E-state index in [2.05, 4.69) is 19.2 Å². The minimum Gasteiger partial charge on any atom is -0.316 e. The van der Waals surface area contributed by atoms with Crippen molar-refractivity contribution in [1.29, 1.82) is 0 Å². The van der Waals surface area contributed by atoms with Crippen molar-refractivity contribution in [1.82, 2.24) is 5.32 Å². The smallest absolute Gasteiger partial charge is 0.157 e. The summed E-state index contributed by atoms with van der Waals surface area (Å²) in [4.78, 5) is 0. The van der Waals surface area contributed by atoms with Crippen LogP contribution in [0.15, 0.2) is 0 Å². The molecule has 1 aliphatic rings. The summed E-state index contributed by atoms with van der Waals surface area (Å²) in [6, 6.07) is 0.127. The third-order valence-electron chi connectivity index (χ3n) is 4.26. The van der Waals surface area contributed by atoms with Crippen molar-refractivity contribution in [2.24, 2.45) is 5.41 Å². The Bertz CT molecular complexity index is 348. The van der Waals surface area contributed by atoms with E-state index in [0.717, 1.165) is 19.3 Å². The molecule has 1 saturated carbocycles. The Hall–Kier alpha value is -0.0900. The second-order valence-electron chi connectivity index (χ2n) is 6.15. The summed E-state index contributed by atoms with van der Waals surface area (Å²) in [5.74, 6) is 0. The van der Waals surface area contributed by atoms with E-state index in [1.807, 2.05) is 20.9 Å². The average molecular weight is 261 g/mol. The molecule has 0 spiro atoms. The fraction of sp³-hybridized carbons (Fsp3) is 1.00. The molecule has 0 saturated heterocycles. The van der Waals surface area contributed by atoms with Crippen molar-refractivity contribution in [2.75, 3.05) is 7.05 Å². The van der Waals surface area contributed by atoms with Gasteiger partial charge in [0.05, 0.1) is 10.5 Å². The van der Waals surface area contributed by atoms with Crippen molar-refractivity contribution >= 4 is 9.84 Å². The van der Waals surface area contributed by atoms with Gasteiger partial charge in [-0.1, -0.05) is 20.8 Å². The predicted octanol–water partition coefficient (Wildman–Crippen LogP) is 2.37. The van der Waals surface area contributed by atoms with E-state index < -0.39 is 9.84 Å². The van der Waals surface area contributed by atoms with Gasteiger partial charge in [-0.3, -0.25) is 0 Å². The van der Waals surface area contributed by atoms with Gasteiger partial charge >= 0.3 is 0 Å². The minimum absolute atomic E-state index is 0.127. The molecule has 0 radical (unpaired) electrons. The predicted molar refractivity (Wildman–Crippen MR) is 72.9 cm³/mol. The van der Waals surface area contributed by atoms with Gasteiger partial charge in [0.2, 0.25) is 0 Å². The summed E-state index contributed by atoms with van der Waals surface area (Å²) in [7, 11) is -1.13. The Morgan fingerprint density at radius 2 is 2.00 bits per heavy atom. The van der Waals surface area contributed by atoms with Crippen molar-refractivity contribution < 1.29 is 8.42 Å². The van der Waals surface area contributed by atoms with E-state index in [1.165, 1.54) is 0 Å². The van der Waals surface area contributed by atoms with Gasteiger partial charge in [-0.15, -0.1) is 0 Å². The van der Waals surface area contributed by atoms with Gasteiger partial charge < -0.3 is 5.32 Å². The normalized spacial score (nSPS) is 31.1. The van der Waals surface area contributed by atoms with Crippen LogP contribution in [0.25, 0.3) is 0 Å². The highest BCUT2D eigenvalue weighted by Crippen LogP contribution is 2.39. The zero-order valence-corrected chi connectivity index (χ0v) is 12.6. The van der Waals surface area contributed by atoms with Crippen LogP contribution in [0.4, 0.5) is 0 Å². The molecule has 17 heavy (non-hydrogen) atoms. The minimum atomic E-state index is -3.01. The molecule has 3 unspecified atom stereocenters. The molecule has 0 aromatic rings. The van der Waals surface area contributed by atoms with E-state index >= 15 is 0 Å². The molecule has 0 aliphatic heterocycles. The largest absolute Gasteiger partial charge is 0.316 e. The fourth-order valence-electron chi connectivity index (χ4n) is 2.73. The third-order valence-corrected chi connectivity index (χ3v) is 7.06. The lowest BCUT2D eigenvalue weighted by molar-refractivity contribution is 0.213. The van der Waals surface area contributed by atoms with Gasteiger partial charge in [0.1, 0.15) is 0 Å². The second-order valence-corrected chi connectivity index (χ2v) is 8.74. The lowest BCUT2D eigenvalue weighted by Crippen LogP contribution is -2.50. The topological polar surface area (TPSA) is 46.2 Å². The molecule has 102 valence electrons. The Balaban J connectivity index is 2.98. The summed E-state index contributed by atoms with van der Waals surface area (Å²) in [5, 5.41) is 2.76. The maximum Gasteiger partial charge on any atom is 0.157 e. The summed E-state index contributed by atoms with van der Waals surface area (Å²) < 4.78 is 25.1. The highest BCUT2D eigenvalue weighted by atomic mass is 32.2. The monoisotopic (exact) mass is 261 g/mol. The standard InChI is InChI=1S/C13H27NO2S/c1-6-10(2)17(15,16)12-9-13(3,4)8-7-11(12)14-5/h10-12,14H,6-9H2,1-5H3. The van der Waals surface area contributed by atoms with Crippen LogP contribution in [0.3, 0.4) is 0 Å². The van der Waals surface area contributed by atoms with E-state index in [4.69, 9.17) is 0 Å². The molecule has 3 atom stereocenters. The number of hydrogen-bond donors (Lipinski definition) is 1. The quantitative estimate of drug-likeness (QED) is 0.845. The van der Waals surface area contributed by atoms with Crippen LogP contribution in [-0.4, -0.2) is 32.0 Å². The summed E-state index contributed by atoms with van der Waals surface area (Å²) in [6.07, 6.45) is 3.55. The Morgan fingerprint density at radius 1 is 1.41 bits per heavy atom. The van der Waals surface area contributed by atoms with Crippen LogP contribution in [0, 0.1) is 5.41 Å². The van der Waals surface area contributed by atoms with Gasteiger partial charge in [0.25, 0.3) is 0 Å². The number of sulfone groups is 1. The van der Waals surface area contributed by atoms with Gasteiger partial charge in [-0.2, -0.15) is 0 Å². The Labute approximate surface area is 106 Å². The van der Waals surface area contributed by atoms with Gasteiger partial charge in [-0.25, -0.2) is 8.42 Å². The second kappa shape index (κ2) is 5.27. The molecule has 1 fully saturated rings. The van der Waals surface area contributed by atoms with Gasteiger partial charge in [-0.05, 0) is 45.1 Å². The molecule has 1 rings (SSSR count). The number of hydrogen-bond acceptors (Lipinski definition) is 3. The molecular weight excluding hydrogens is 234 g/mol. The summed E-state index contributed by atoms with van der Waals surface area (Å²) in [6.45, 7) is 8.14. The molecule has 0 aromatic carbocycles. The van der Waals surface area contributed by atoms with Crippen LogP contribution in [0.1, 0.15) is 53.4 Å². The SMILES string of the molecule is CCC(C)S(=O)(=O)C1CC(C)(C)CCC1NC. The lowest BCUT2D eigenvalue weighted by Gasteiger charge is -2.41. The lowest BCUT2D eigenvalue weighted by atomic mass is 9.75. The first kappa shape index (κ1) is 15.0. The van der Waals surface area contributed by atoms with Crippen LogP contribution in [0.2, 0.25) is 0 Å². The van der Waals surface area contributed by atoms with Crippen LogP contribution in [0.5, 0.6) is 0 Å². The van der Waals surface area contributed by atoms with Crippen molar-refractivity contribution in [3.05, 3.63) is 0 Å². The molecule has 1 N–H and O–H groups in total. The highest BCUT2D eigenvalue weighted by Gasteiger charge is 2.42. The van der Waals surface area contributed by atoms with Crippen molar-refractivity contribution in [2.45, 2.75) is 69.9 Å². The molecule has 4 heteroatoms. The molecular formula is C13H27NO2S. The van der Waals surface area contributed by atoms with Crippen molar-refractivity contribution in [3.63, 3.8) is 0 Å². The van der Waals surface area contributed by atoms with Crippen LogP contribution >= 0.6 is 0 Å². The number of rotatable bonds is 4. The van der Waals surface area contributed by atoms with Gasteiger partial charge in [0.15, 0.2) is 9.84 Å². The fourth-order valence-corrected chi connectivity index (χ4v) is 5.20. The summed E-state index contributed by atoms with van der Waals surface area (Å²) in [5.41, 5.74) is 0.151. The molecule has 0 bridgehead atoms. The molecule has 0 amide bonds. The first-order chi connectivity index (χ1) is 7.74. The van der Waals surface area contributed by atoms with Crippen molar-refractivity contribution in [3.8, 4) is 0 Å². The molecule has 0 aromatic heterocycles. The number of nitrogens with one attached hydrogen (secondary N) is 1. The third kappa shape index (κ3) is 3.22. The van der Waals surface area contributed by atoms with Crippen LogP contribution < -0.4 is 5.32 Å². The Morgan fingerprint density at radius 3 is 2.47 bits per heavy atom. The summed E-state index contributed by atoms with van der Waals surface area (Å²) >= 11 is 0. The Kier molecular flexibility index (Phi) is 4.64. The molecule has 3 nitrogen and oxygen atoms in total. The highest BCUT2D eigenvalue weighted by molar-refractivity contribution is 7.92. The molecule has 1 aliphatic carbocycles. The van der Waals surface area contributed by atoms with E-state index in [9.17, 15) is 8.42 Å². The zero-order valence-electron chi connectivity index (χ0n) is 11.8. The molecule has 0 heterocycles. The van der Waals surface area contributed by atoms with Gasteiger partial charge in [0, 0.05) is 6.04 Å². The van der Waals surface area contributed by atoms with E-state index in [1.54, 1.807) is 0 Å². The first-order valence-electron chi connectivity index (χ1n) is 6.64.